The average molecular weight is 267 g/mol. The standard InChI is InChI=1S/C15H25NO3/c1-3-8-16-14(7-9-17)12-19-15-6-4-5-13(10-15)11-18-2/h4-6,10,14,16-17H,3,7-9,11-12H2,1-2H3. The van der Waals surface area contributed by atoms with Crippen LogP contribution in [0.15, 0.2) is 24.3 Å². The SMILES string of the molecule is CCCNC(CCO)COc1cccc(COC)c1. The Balaban J connectivity index is 2.45. The molecule has 0 saturated carbocycles. The lowest BCUT2D eigenvalue weighted by molar-refractivity contribution is 0.184. The van der Waals surface area contributed by atoms with Crippen LogP contribution in [0, 0.1) is 0 Å². The molecule has 0 saturated heterocycles. The van der Waals surface area contributed by atoms with Crippen molar-refractivity contribution in [1.82, 2.24) is 5.32 Å². The lowest BCUT2D eigenvalue weighted by Gasteiger charge is -2.18. The van der Waals surface area contributed by atoms with E-state index >= 15 is 0 Å². The highest BCUT2D eigenvalue weighted by molar-refractivity contribution is 5.28. The number of nitrogens with one attached hydrogen (secondary N) is 1. The molecule has 0 aliphatic carbocycles. The van der Waals surface area contributed by atoms with E-state index in [-0.39, 0.29) is 12.6 Å². The summed E-state index contributed by atoms with van der Waals surface area (Å²) in [5.74, 6) is 0.843. The van der Waals surface area contributed by atoms with Crippen LogP contribution in [0.3, 0.4) is 0 Å². The van der Waals surface area contributed by atoms with Gasteiger partial charge in [-0.1, -0.05) is 19.1 Å². The molecule has 4 nitrogen and oxygen atoms in total. The molecule has 108 valence electrons. The fourth-order valence-corrected chi connectivity index (χ4v) is 1.84. The minimum absolute atomic E-state index is 0.175. The van der Waals surface area contributed by atoms with E-state index in [2.05, 4.69) is 12.2 Å². The smallest absolute Gasteiger partial charge is 0.119 e. The molecule has 1 aromatic carbocycles. The quantitative estimate of drug-likeness (QED) is 0.680. The van der Waals surface area contributed by atoms with Gasteiger partial charge in [-0.15, -0.1) is 0 Å². The maximum Gasteiger partial charge on any atom is 0.119 e. The number of rotatable bonds is 10. The predicted octanol–water partition coefficient (Wildman–Crippen LogP) is 1.96. The largest absolute Gasteiger partial charge is 0.492 e. The van der Waals surface area contributed by atoms with Crippen molar-refractivity contribution < 1.29 is 14.6 Å². The zero-order valence-electron chi connectivity index (χ0n) is 11.9. The van der Waals surface area contributed by atoms with Crippen LogP contribution in [-0.4, -0.2) is 38.0 Å². The fourth-order valence-electron chi connectivity index (χ4n) is 1.84. The Morgan fingerprint density at radius 1 is 1.37 bits per heavy atom. The fraction of sp³-hybridized carbons (Fsp3) is 0.600. The molecule has 0 radical (unpaired) electrons. The summed E-state index contributed by atoms with van der Waals surface area (Å²) in [6.45, 7) is 4.40. The lowest BCUT2D eigenvalue weighted by Crippen LogP contribution is -2.36. The van der Waals surface area contributed by atoms with Crippen molar-refractivity contribution in [3.63, 3.8) is 0 Å². The molecule has 0 aromatic heterocycles. The zero-order valence-corrected chi connectivity index (χ0v) is 11.9. The summed E-state index contributed by atoms with van der Waals surface area (Å²) >= 11 is 0. The van der Waals surface area contributed by atoms with Crippen molar-refractivity contribution >= 4 is 0 Å². The Hall–Kier alpha value is -1.10. The molecular weight excluding hydrogens is 242 g/mol. The number of hydrogen-bond acceptors (Lipinski definition) is 4. The summed E-state index contributed by atoms with van der Waals surface area (Å²) in [6, 6.07) is 8.09. The molecule has 0 aliphatic rings. The molecule has 1 rings (SSSR count). The Bertz CT molecular complexity index is 344. The topological polar surface area (TPSA) is 50.7 Å². The molecule has 19 heavy (non-hydrogen) atoms. The summed E-state index contributed by atoms with van der Waals surface area (Å²) in [7, 11) is 1.68. The third kappa shape index (κ3) is 6.57. The van der Waals surface area contributed by atoms with Crippen LogP contribution in [-0.2, 0) is 11.3 Å². The van der Waals surface area contributed by atoms with Crippen molar-refractivity contribution in [2.45, 2.75) is 32.4 Å². The highest BCUT2D eigenvalue weighted by Gasteiger charge is 2.08. The number of methoxy groups -OCH3 is 1. The summed E-state index contributed by atoms with van der Waals surface area (Å²) in [5, 5.41) is 12.4. The first kappa shape index (κ1) is 16.0. The Kier molecular flexibility index (Phi) is 8.21. The van der Waals surface area contributed by atoms with Crippen LogP contribution in [0.2, 0.25) is 0 Å². The van der Waals surface area contributed by atoms with Crippen LogP contribution in [0.1, 0.15) is 25.3 Å². The van der Waals surface area contributed by atoms with Gasteiger partial charge in [0.1, 0.15) is 12.4 Å². The molecule has 4 heteroatoms. The van der Waals surface area contributed by atoms with Gasteiger partial charge in [-0.25, -0.2) is 0 Å². The van der Waals surface area contributed by atoms with E-state index in [1.54, 1.807) is 7.11 Å². The number of ether oxygens (including phenoxy) is 2. The molecule has 0 bridgehead atoms. The summed E-state index contributed by atoms with van der Waals surface area (Å²) in [4.78, 5) is 0. The second-order valence-electron chi connectivity index (χ2n) is 4.55. The molecule has 0 heterocycles. The van der Waals surface area contributed by atoms with Crippen molar-refractivity contribution in [2.75, 3.05) is 26.9 Å². The highest BCUT2D eigenvalue weighted by atomic mass is 16.5. The molecule has 2 N–H and O–H groups in total. The van der Waals surface area contributed by atoms with Gasteiger partial charge < -0.3 is 19.9 Å². The molecule has 0 fully saturated rings. The average Bonchev–Trinajstić information content (AvgIpc) is 2.43. The van der Waals surface area contributed by atoms with Gasteiger partial charge in [-0.2, -0.15) is 0 Å². The molecule has 1 atom stereocenters. The maximum absolute atomic E-state index is 9.04. The van der Waals surface area contributed by atoms with Crippen LogP contribution < -0.4 is 10.1 Å². The predicted molar refractivity (Wildman–Crippen MR) is 76.4 cm³/mol. The minimum atomic E-state index is 0.175. The number of hydrogen-bond donors (Lipinski definition) is 2. The van der Waals surface area contributed by atoms with Gasteiger partial charge in [0.2, 0.25) is 0 Å². The van der Waals surface area contributed by atoms with Crippen LogP contribution in [0.4, 0.5) is 0 Å². The van der Waals surface area contributed by atoms with Crippen LogP contribution in [0.25, 0.3) is 0 Å². The molecule has 0 spiro atoms. The van der Waals surface area contributed by atoms with E-state index in [9.17, 15) is 0 Å². The van der Waals surface area contributed by atoms with Gasteiger partial charge in [0.05, 0.1) is 6.61 Å². The number of benzene rings is 1. The Morgan fingerprint density at radius 3 is 2.89 bits per heavy atom. The van der Waals surface area contributed by atoms with Gasteiger partial charge in [-0.05, 0) is 37.1 Å². The van der Waals surface area contributed by atoms with E-state index in [4.69, 9.17) is 14.6 Å². The first-order chi connectivity index (χ1) is 9.30. The van der Waals surface area contributed by atoms with Crippen molar-refractivity contribution in [1.29, 1.82) is 0 Å². The van der Waals surface area contributed by atoms with Crippen molar-refractivity contribution in [3.8, 4) is 5.75 Å². The van der Waals surface area contributed by atoms with Gasteiger partial charge >= 0.3 is 0 Å². The van der Waals surface area contributed by atoms with E-state index in [1.807, 2.05) is 24.3 Å². The second kappa shape index (κ2) is 9.78. The van der Waals surface area contributed by atoms with Gasteiger partial charge in [0.15, 0.2) is 0 Å². The Morgan fingerprint density at radius 2 is 2.21 bits per heavy atom. The zero-order chi connectivity index (χ0) is 13.9. The van der Waals surface area contributed by atoms with E-state index in [0.29, 0.717) is 19.6 Å². The summed E-state index contributed by atoms with van der Waals surface area (Å²) in [5.41, 5.74) is 1.10. The van der Waals surface area contributed by atoms with Gasteiger partial charge in [0.25, 0.3) is 0 Å². The van der Waals surface area contributed by atoms with E-state index in [0.717, 1.165) is 24.3 Å². The number of aliphatic hydroxyl groups is 1. The summed E-state index contributed by atoms with van der Waals surface area (Å²) < 4.78 is 10.9. The second-order valence-corrected chi connectivity index (χ2v) is 4.55. The highest BCUT2D eigenvalue weighted by Crippen LogP contribution is 2.14. The van der Waals surface area contributed by atoms with Crippen molar-refractivity contribution in [3.05, 3.63) is 29.8 Å². The monoisotopic (exact) mass is 267 g/mol. The minimum Gasteiger partial charge on any atom is -0.492 e. The third-order valence-electron chi connectivity index (χ3n) is 2.82. The molecule has 1 unspecified atom stereocenters. The van der Waals surface area contributed by atoms with Gasteiger partial charge in [0, 0.05) is 19.8 Å². The Labute approximate surface area is 115 Å². The van der Waals surface area contributed by atoms with E-state index in [1.165, 1.54) is 0 Å². The van der Waals surface area contributed by atoms with Crippen molar-refractivity contribution in [2.24, 2.45) is 0 Å². The molecular formula is C15H25NO3. The first-order valence-corrected chi connectivity index (χ1v) is 6.85. The molecule has 1 aromatic rings. The van der Waals surface area contributed by atoms with Gasteiger partial charge in [-0.3, -0.25) is 0 Å². The lowest BCUT2D eigenvalue weighted by atomic mass is 10.2. The number of aliphatic hydroxyl groups excluding tert-OH is 1. The normalized spacial score (nSPS) is 12.4. The molecule has 0 amide bonds. The summed E-state index contributed by atoms with van der Waals surface area (Å²) in [6.07, 6.45) is 1.78. The van der Waals surface area contributed by atoms with E-state index < -0.39 is 0 Å². The molecule has 0 aliphatic heterocycles. The maximum atomic E-state index is 9.04. The van der Waals surface area contributed by atoms with Crippen LogP contribution >= 0.6 is 0 Å². The van der Waals surface area contributed by atoms with Crippen LogP contribution in [0.5, 0.6) is 5.75 Å². The first-order valence-electron chi connectivity index (χ1n) is 6.85. The third-order valence-corrected chi connectivity index (χ3v) is 2.82.